The van der Waals surface area contributed by atoms with Gasteiger partial charge in [-0.3, -0.25) is 9.59 Å². The Morgan fingerprint density at radius 3 is 2.60 bits per heavy atom. The van der Waals surface area contributed by atoms with Crippen molar-refractivity contribution in [3.63, 3.8) is 0 Å². The minimum absolute atomic E-state index is 0.0480. The summed E-state index contributed by atoms with van der Waals surface area (Å²) in [7, 11) is 3.50. The summed E-state index contributed by atoms with van der Waals surface area (Å²) in [5, 5.41) is 9.14. The third-order valence-corrected chi connectivity index (χ3v) is 6.54. The maximum atomic E-state index is 12.8. The van der Waals surface area contributed by atoms with Gasteiger partial charge in [-0.25, -0.2) is 0 Å². The summed E-state index contributed by atoms with van der Waals surface area (Å²) >= 11 is 1.41. The Hall–Kier alpha value is -3.00. The van der Waals surface area contributed by atoms with Crippen molar-refractivity contribution in [2.75, 3.05) is 14.1 Å². The van der Waals surface area contributed by atoms with Gasteiger partial charge >= 0.3 is 0 Å². The van der Waals surface area contributed by atoms with Gasteiger partial charge in [-0.2, -0.15) is 4.98 Å². The SMILES string of the molecule is Cc1ccsc1C(=O)NC1CC(C(=O)N(C)C)CC1c1nc(-c2ccccc2)no1. The zero-order valence-electron chi connectivity index (χ0n) is 17.2. The van der Waals surface area contributed by atoms with Crippen LogP contribution in [0.3, 0.4) is 0 Å². The van der Waals surface area contributed by atoms with E-state index in [4.69, 9.17) is 4.52 Å². The number of carbonyl (C=O) groups excluding carboxylic acids is 2. The fourth-order valence-corrected chi connectivity index (χ4v) is 4.79. The monoisotopic (exact) mass is 424 g/mol. The van der Waals surface area contributed by atoms with Crippen molar-refractivity contribution in [1.29, 1.82) is 0 Å². The van der Waals surface area contributed by atoms with Crippen molar-refractivity contribution in [3.8, 4) is 11.4 Å². The van der Waals surface area contributed by atoms with E-state index in [-0.39, 0.29) is 29.7 Å². The Bertz CT molecular complexity index is 1040. The smallest absolute Gasteiger partial charge is 0.261 e. The van der Waals surface area contributed by atoms with Gasteiger partial charge in [0.05, 0.1) is 10.8 Å². The van der Waals surface area contributed by atoms with Crippen molar-refractivity contribution in [3.05, 3.63) is 58.1 Å². The van der Waals surface area contributed by atoms with Gasteiger partial charge in [0.2, 0.25) is 17.6 Å². The molecule has 3 atom stereocenters. The Morgan fingerprint density at radius 2 is 1.93 bits per heavy atom. The lowest BCUT2D eigenvalue weighted by Crippen LogP contribution is -2.37. The Labute approximate surface area is 179 Å². The first-order valence-corrected chi connectivity index (χ1v) is 10.8. The quantitative estimate of drug-likeness (QED) is 0.677. The number of aromatic nitrogens is 2. The summed E-state index contributed by atoms with van der Waals surface area (Å²) in [6, 6.07) is 11.3. The molecule has 1 saturated carbocycles. The van der Waals surface area contributed by atoms with Gasteiger partial charge in [-0.15, -0.1) is 11.3 Å². The molecule has 0 saturated heterocycles. The normalized spacial score (nSPS) is 20.8. The van der Waals surface area contributed by atoms with Crippen LogP contribution < -0.4 is 5.32 Å². The van der Waals surface area contributed by atoms with Gasteiger partial charge in [-0.1, -0.05) is 35.5 Å². The van der Waals surface area contributed by atoms with E-state index in [1.807, 2.05) is 48.7 Å². The van der Waals surface area contributed by atoms with Crippen molar-refractivity contribution in [2.45, 2.75) is 31.7 Å². The molecule has 0 spiro atoms. The molecule has 1 N–H and O–H groups in total. The largest absolute Gasteiger partial charge is 0.349 e. The maximum absolute atomic E-state index is 12.8. The molecule has 8 heteroatoms. The lowest BCUT2D eigenvalue weighted by Gasteiger charge is -2.18. The van der Waals surface area contributed by atoms with E-state index in [0.29, 0.717) is 29.4 Å². The molecule has 4 rings (SSSR count). The van der Waals surface area contributed by atoms with E-state index in [0.717, 1.165) is 11.1 Å². The van der Waals surface area contributed by atoms with Crippen LogP contribution in [0.2, 0.25) is 0 Å². The number of amides is 2. The topological polar surface area (TPSA) is 88.3 Å². The van der Waals surface area contributed by atoms with Crippen LogP contribution in [0.25, 0.3) is 11.4 Å². The lowest BCUT2D eigenvalue weighted by atomic mass is 10.0. The van der Waals surface area contributed by atoms with Crippen LogP contribution in [0.15, 0.2) is 46.3 Å². The van der Waals surface area contributed by atoms with Gasteiger partial charge in [0.25, 0.3) is 5.91 Å². The third-order valence-electron chi connectivity index (χ3n) is 5.53. The Morgan fingerprint density at radius 1 is 1.17 bits per heavy atom. The molecule has 1 aromatic carbocycles. The number of aryl methyl sites for hydroxylation is 1. The number of nitrogens with one attached hydrogen (secondary N) is 1. The summed E-state index contributed by atoms with van der Waals surface area (Å²) in [4.78, 5) is 32.3. The second kappa shape index (κ2) is 8.39. The fraction of sp³-hybridized carbons (Fsp3) is 0.364. The number of thiophene rings is 1. The molecular weight excluding hydrogens is 400 g/mol. The van der Waals surface area contributed by atoms with Gasteiger partial charge < -0.3 is 14.7 Å². The van der Waals surface area contributed by atoms with E-state index in [9.17, 15) is 9.59 Å². The third kappa shape index (κ3) is 4.00. The predicted octanol–water partition coefficient (Wildman–Crippen LogP) is 3.49. The molecule has 1 aliphatic carbocycles. The van der Waals surface area contributed by atoms with Crippen molar-refractivity contribution in [1.82, 2.24) is 20.4 Å². The predicted molar refractivity (Wildman–Crippen MR) is 114 cm³/mol. The number of rotatable bonds is 5. The summed E-state index contributed by atoms with van der Waals surface area (Å²) in [5.41, 5.74) is 1.80. The van der Waals surface area contributed by atoms with E-state index >= 15 is 0 Å². The zero-order valence-corrected chi connectivity index (χ0v) is 18.0. The molecule has 2 amide bonds. The first-order chi connectivity index (χ1) is 14.4. The molecule has 0 aliphatic heterocycles. The molecule has 0 radical (unpaired) electrons. The summed E-state index contributed by atoms with van der Waals surface area (Å²) < 4.78 is 5.58. The highest BCUT2D eigenvalue weighted by Crippen LogP contribution is 2.39. The zero-order chi connectivity index (χ0) is 21.3. The number of hydrogen-bond acceptors (Lipinski definition) is 6. The molecular formula is C22H24N4O3S. The average Bonchev–Trinajstić information content (AvgIpc) is 3.47. The van der Waals surface area contributed by atoms with Gasteiger partial charge in [0, 0.05) is 31.6 Å². The number of carbonyl (C=O) groups is 2. The lowest BCUT2D eigenvalue weighted by molar-refractivity contribution is -0.132. The highest BCUT2D eigenvalue weighted by atomic mass is 32.1. The second-order valence-corrected chi connectivity index (χ2v) is 8.76. The minimum atomic E-state index is -0.253. The van der Waals surface area contributed by atoms with Crippen LogP contribution in [0.4, 0.5) is 0 Å². The number of nitrogens with zero attached hydrogens (tertiary/aromatic N) is 3. The minimum Gasteiger partial charge on any atom is -0.349 e. The van der Waals surface area contributed by atoms with Crippen LogP contribution >= 0.6 is 11.3 Å². The Balaban J connectivity index is 1.59. The highest BCUT2D eigenvalue weighted by Gasteiger charge is 2.43. The van der Waals surface area contributed by atoms with Crippen molar-refractivity contribution in [2.24, 2.45) is 5.92 Å². The summed E-state index contributed by atoms with van der Waals surface area (Å²) in [6.07, 6.45) is 1.10. The first kappa shape index (κ1) is 20.3. The standard InChI is InChI=1S/C22H24N4O3S/c1-13-9-10-30-18(13)20(27)23-17-12-15(22(28)26(2)3)11-16(17)21-24-19(25-29-21)14-7-5-4-6-8-14/h4-10,15-17H,11-12H2,1-3H3,(H,23,27). The van der Waals surface area contributed by atoms with Gasteiger partial charge in [-0.05, 0) is 36.8 Å². The Kier molecular flexibility index (Phi) is 5.67. The van der Waals surface area contributed by atoms with E-state index in [1.165, 1.54) is 11.3 Å². The van der Waals surface area contributed by atoms with E-state index < -0.39 is 0 Å². The first-order valence-electron chi connectivity index (χ1n) is 9.89. The molecule has 2 heterocycles. The molecule has 30 heavy (non-hydrogen) atoms. The van der Waals surface area contributed by atoms with Crippen molar-refractivity contribution >= 4 is 23.2 Å². The van der Waals surface area contributed by atoms with Crippen LogP contribution in [0.5, 0.6) is 0 Å². The molecule has 1 aliphatic rings. The molecule has 2 aromatic heterocycles. The van der Waals surface area contributed by atoms with E-state index in [2.05, 4.69) is 15.5 Å². The van der Waals surface area contributed by atoms with E-state index in [1.54, 1.807) is 19.0 Å². The van der Waals surface area contributed by atoms with Crippen molar-refractivity contribution < 1.29 is 14.1 Å². The summed E-state index contributed by atoms with van der Waals surface area (Å²) in [6.45, 7) is 1.92. The number of benzene rings is 1. The van der Waals surface area contributed by atoms with Gasteiger partial charge in [0.1, 0.15) is 0 Å². The molecule has 3 unspecified atom stereocenters. The molecule has 156 valence electrons. The van der Waals surface area contributed by atoms with Crippen LogP contribution in [-0.4, -0.2) is 47.0 Å². The fourth-order valence-electron chi connectivity index (χ4n) is 3.97. The van der Waals surface area contributed by atoms with Crippen LogP contribution in [0, 0.1) is 12.8 Å². The molecule has 7 nitrogen and oxygen atoms in total. The maximum Gasteiger partial charge on any atom is 0.261 e. The van der Waals surface area contributed by atoms with Crippen LogP contribution in [0.1, 0.15) is 39.9 Å². The highest BCUT2D eigenvalue weighted by molar-refractivity contribution is 7.12. The molecule has 0 bridgehead atoms. The average molecular weight is 425 g/mol. The van der Waals surface area contributed by atoms with Gasteiger partial charge in [0.15, 0.2) is 0 Å². The summed E-state index contributed by atoms with van der Waals surface area (Å²) in [5.74, 6) is 0.466. The second-order valence-electron chi connectivity index (χ2n) is 7.84. The number of hydrogen-bond donors (Lipinski definition) is 1. The molecule has 3 aromatic rings. The molecule has 1 fully saturated rings. The van der Waals surface area contributed by atoms with Crippen LogP contribution in [-0.2, 0) is 4.79 Å².